The highest BCUT2D eigenvalue weighted by atomic mass is 19.1. The van der Waals surface area contributed by atoms with Gasteiger partial charge in [-0.15, -0.1) is 0 Å². The number of aromatic hydroxyl groups is 1. The first kappa shape index (κ1) is 27.1. The number of benzene rings is 2. The molecule has 3 aliphatic rings. The third-order valence-corrected chi connectivity index (χ3v) is 9.71. The molecule has 226 valence electrons. The Bertz CT molecular complexity index is 1970. The SMILES string of the molecule is COc1cc(C(=O)N2CC3CCC2[C@@H]3N)cc2nc(-c3cc4ccc(-c5c(F)cc(O)cc5F)nc4n3CC3CC3)n(C)c12. The molecule has 3 aromatic heterocycles. The zero-order chi connectivity index (χ0) is 30.4. The number of nitrogens with two attached hydrogens (primary N) is 1. The number of amides is 1. The molecule has 1 aliphatic heterocycles. The summed E-state index contributed by atoms with van der Waals surface area (Å²) in [4.78, 5) is 25.3. The summed E-state index contributed by atoms with van der Waals surface area (Å²) in [6, 6.07) is 10.8. The number of hydrogen-bond donors (Lipinski definition) is 2. The second-order valence-corrected chi connectivity index (χ2v) is 12.5. The number of imidazole rings is 1. The van der Waals surface area contributed by atoms with E-state index in [0.717, 1.165) is 54.4 Å². The lowest BCUT2D eigenvalue weighted by Gasteiger charge is -2.27. The number of methoxy groups -OCH3 is 1. The van der Waals surface area contributed by atoms with Crippen LogP contribution in [0.25, 0.3) is 44.8 Å². The molecule has 3 fully saturated rings. The van der Waals surface area contributed by atoms with Crippen LogP contribution >= 0.6 is 0 Å². The van der Waals surface area contributed by atoms with Gasteiger partial charge in [0.1, 0.15) is 34.3 Å². The lowest BCUT2D eigenvalue weighted by atomic mass is 10.1. The largest absolute Gasteiger partial charge is 0.508 e. The van der Waals surface area contributed by atoms with Gasteiger partial charge in [-0.1, -0.05) is 0 Å². The average molecular weight is 599 g/mol. The Hall–Kier alpha value is -4.51. The molecule has 2 aliphatic carbocycles. The van der Waals surface area contributed by atoms with E-state index in [4.69, 9.17) is 20.4 Å². The Labute approximate surface area is 251 Å². The lowest BCUT2D eigenvalue weighted by molar-refractivity contribution is 0.0700. The van der Waals surface area contributed by atoms with E-state index in [9.17, 15) is 18.7 Å². The van der Waals surface area contributed by atoms with Crippen molar-refractivity contribution in [3.63, 3.8) is 0 Å². The van der Waals surface area contributed by atoms with Gasteiger partial charge in [0, 0.05) is 55.3 Å². The molecule has 9 nitrogen and oxygen atoms in total. The molecule has 2 aromatic carbocycles. The van der Waals surface area contributed by atoms with Crippen LogP contribution in [-0.4, -0.2) is 60.8 Å². The number of halogens is 2. The molecule has 5 aromatic rings. The highest BCUT2D eigenvalue weighted by Gasteiger charge is 2.47. The predicted octanol–water partition coefficient (Wildman–Crippen LogP) is 5.22. The Morgan fingerprint density at radius 2 is 1.84 bits per heavy atom. The number of carbonyl (C=O) groups excluding carboxylic acids is 1. The minimum absolute atomic E-state index is 0.0237. The number of carbonyl (C=O) groups is 1. The van der Waals surface area contributed by atoms with Crippen molar-refractivity contribution in [2.75, 3.05) is 13.7 Å². The van der Waals surface area contributed by atoms with Crippen LogP contribution in [0, 0.1) is 23.5 Å². The maximum Gasteiger partial charge on any atom is 0.254 e. The van der Waals surface area contributed by atoms with Crippen LogP contribution < -0.4 is 10.5 Å². The summed E-state index contributed by atoms with van der Waals surface area (Å²) in [5, 5.41) is 10.4. The van der Waals surface area contributed by atoms with E-state index in [-0.39, 0.29) is 29.2 Å². The molecule has 3 N–H and O–H groups in total. The highest BCUT2D eigenvalue weighted by molar-refractivity contribution is 6.00. The molecular weight excluding hydrogens is 566 g/mol. The second-order valence-electron chi connectivity index (χ2n) is 12.5. The van der Waals surface area contributed by atoms with Crippen molar-refractivity contribution in [3.05, 3.63) is 59.7 Å². The number of phenolic OH excluding ortho intramolecular Hbond substituents is 1. The molecule has 1 saturated heterocycles. The van der Waals surface area contributed by atoms with Crippen LogP contribution in [-0.2, 0) is 13.6 Å². The molecule has 2 saturated carbocycles. The van der Waals surface area contributed by atoms with Crippen LogP contribution in [0.15, 0.2) is 42.5 Å². The normalized spacial score (nSPS) is 21.2. The fourth-order valence-corrected chi connectivity index (χ4v) is 7.27. The van der Waals surface area contributed by atoms with Gasteiger partial charge < -0.3 is 29.6 Å². The monoisotopic (exact) mass is 598 g/mol. The Kier molecular flexibility index (Phi) is 6.00. The number of phenols is 1. The van der Waals surface area contributed by atoms with Crippen molar-refractivity contribution >= 4 is 28.0 Å². The summed E-state index contributed by atoms with van der Waals surface area (Å²) in [6.07, 6.45) is 4.16. The first-order valence-corrected chi connectivity index (χ1v) is 15.0. The van der Waals surface area contributed by atoms with Crippen molar-refractivity contribution in [2.24, 2.45) is 24.6 Å². The Morgan fingerprint density at radius 3 is 2.50 bits per heavy atom. The molecule has 1 amide bonds. The van der Waals surface area contributed by atoms with E-state index in [1.165, 1.54) is 0 Å². The van der Waals surface area contributed by atoms with Crippen molar-refractivity contribution in [3.8, 4) is 34.3 Å². The molecule has 0 spiro atoms. The van der Waals surface area contributed by atoms with E-state index in [0.29, 0.717) is 53.2 Å². The average Bonchev–Trinajstić information content (AvgIpc) is 3.40. The number of aryl methyl sites for hydroxylation is 1. The molecule has 4 heterocycles. The van der Waals surface area contributed by atoms with Crippen molar-refractivity contribution in [1.29, 1.82) is 0 Å². The summed E-state index contributed by atoms with van der Waals surface area (Å²) in [6.45, 7) is 1.35. The number of piperidine rings is 1. The van der Waals surface area contributed by atoms with Gasteiger partial charge in [0.2, 0.25) is 0 Å². The number of fused-ring (bicyclic) bond motifs is 4. The van der Waals surface area contributed by atoms with Crippen LogP contribution in [0.1, 0.15) is 36.0 Å². The van der Waals surface area contributed by atoms with E-state index in [2.05, 4.69) is 4.57 Å². The zero-order valence-corrected chi connectivity index (χ0v) is 24.4. The van der Waals surface area contributed by atoms with Gasteiger partial charge in [-0.25, -0.2) is 18.7 Å². The standard InChI is InChI=1S/C33H32F2N6O3/c1-39-30-24(9-19(11-27(30)44-2)33(43)41-15-18-6-8-25(41)29(18)36)38-32(39)26-10-17-5-7-23(28-21(34)12-20(42)13-22(28)35)37-31(17)40(26)14-16-3-4-16/h5,7,9-13,16,18,25,29,42H,3-4,6,8,14-15,36H2,1-2H3/t18?,25?,29-/m1/s1. The van der Waals surface area contributed by atoms with Gasteiger partial charge in [-0.3, -0.25) is 4.79 Å². The summed E-state index contributed by atoms with van der Waals surface area (Å²) >= 11 is 0. The Morgan fingerprint density at radius 1 is 1.07 bits per heavy atom. The molecule has 2 unspecified atom stereocenters. The summed E-state index contributed by atoms with van der Waals surface area (Å²) < 4.78 is 39.4. The molecule has 3 atom stereocenters. The second kappa shape index (κ2) is 9.75. The molecule has 11 heteroatoms. The number of pyridine rings is 1. The third kappa shape index (κ3) is 4.09. The van der Waals surface area contributed by atoms with E-state index < -0.39 is 17.4 Å². The quantitative estimate of drug-likeness (QED) is 0.277. The number of nitrogens with zero attached hydrogens (tertiary/aromatic N) is 5. The van der Waals surface area contributed by atoms with E-state index in [1.807, 2.05) is 28.6 Å². The maximum absolute atomic E-state index is 14.8. The molecule has 44 heavy (non-hydrogen) atoms. The number of likely N-dealkylation sites (tertiary alicyclic amines) is 1. The maximum atomic E-state index is 14.8. The minimum atomic E-state index is -0.883. The smallest absolute Gasteiger partial charge is 0.254 e. The molecule has 0 radical (unpaired) electrons. The lowest BCUT2D eigenvalue weighted by Crippen LogP contribution is -2.41. The van der Waals surface area contributed by atoms with Crippen LogP contribution in [0.2, 0.25) is 0 Å². The van der Waals surface area contributed by atoms with Gasteiger partial charge in [0.25, 0.3) is 5.91 Å². The van der Waals surface area contributed by atoms with Gasteiger partial charge in [-0.05, 0) is 67.9 Å². The number of hydrogen-bond acceptors (Lipinski definition) is 6. The fourth-order valence-electron chi connectivity index (χ4n) is 7.27. The van der Waals surface area contributed by atoms with Crippen molar-refractivity contribution in [1.82, 2.24) is 24.0 Å². The summed E-state index contributed by atoms with van der Waals surface area (Å²) in [5.41, 5.74) is 9.52. The van der Waals surface area contributed by atoms with Crippen LogP contribution in [0.5, 0.6) is 11.5 Å². The Balaban J connectivity index is 1.25. The van der Waals surface area contributed by atoms with Crippen LogP contribution in [0.4, 0.5) is 8.78 Å². The van der Waals surface area contributed by atoms with Gasteiger partial charge >= 0.3 is 0 Å². The number of ether oxygens (including phenoxy) is 1. The first-order valence-electron chi connectivity index (χ1n) is 15.0. The summed E-state index contributed by atoms with van der Waals surface area (Å²) in [7, 11) is 3.49. The number of rotatable bonds is 6. The molecule has 8 rings (SSSR count). The molecule has 2 bridgehead atoms. The highest BCUT2D eigenvalue weighted by Crippen LogP contribution is 2.40. The zero-order valence-electron chi connectivity index (χ0n) is 24.4. The first-order chi connectivity index (χ1) is 21.2. The minimum Gasteiger partial charge on any atom is -0.508 e. The summed E-state index contributed by atoms with van der Waals surface area (Å²) in [5.74, 6) is -0.293. The van der Waals surface area contributed by atoms with E-state index >= 15 is 0 Å². The predicted molar refractivity (Wildman–Crippen MR) is 161 cm³/mol. The van der Waals surface area contributed by atoms with E-state index in [1.54, 1.807) is 25.3 Å². The van der Waals surface area contributed by atoms with Crippen molar-refractivity contribution in [2.45, 2.75) is 44.3 Å². The van der Waals surface area contributed by atoms with Crippen molar-refractivity contribution < 1.29 is 23.4 Å². The van der Waals surface area contributed by atoms with Crippen LogP contribution in [0.3, 0.4) is 0 Å². The topological polar surface area (TPSA) is 111 Å². The fraction of sp³-hybridized carbons (Fsp3) is 0.364. The van der Waals surface area contributed by atoms with Gasteiger partial charge in [0.05, 0.1) is 29.6 Å². The number of aromatic nitrogens is 4. The van der Waals surface area contributed by atoms with Gasteiger partial charge in [0.15, 0.2) is 5.82 Å². The third-order valence-electron chi connectivity index (χ3n) is 9.71. The molecular formula is C33H32F2N6O3. The van der Waals surface area contributed by atoms with Gasteiger partial charge in [-0.2, -0.15) is 0 Å².